The molecule has 3 N–H and O–H groups in total. The number of anilines is 1. The Labute approximate surface area is 165 Å². The zero-order valence-corrected chi connectivity index (χ0v) is 16.3. The van der Waals surface area contributed by atoms with Gasteiger partial charge < -0.3 is 20.5 Å². The lowest BCUT2D eigenvalue weighted by molar-refractivity contribution is -0.140. The number of nitrogen functional groups attached to an aromatic ring is 1. The molecule has 6 nitrogen and oxygen atoms in total. The highest BCUT2D eigenvalue weighted by atomic mass is 35.5. The van der Waals surface area contributed by atoms with E-state index in [4.69, 9.17) is 10.5 Å². The van der Waals surface area contributed by atoms with Crippen LogP contribution in [0.5, 0.6) is 5.75 Å². The molecule has 0 saturated carbocycles. The molecule has 0 spiro atoms. The van der Waals surface area contributed by atoms with Gasteiger partial charge in [-0.05, 0) is 48.7 Å². The number of nitrogens with two attached hydrogens (primary N) is 1. The number of nitrogens with one attached hydrogen (secondary N) is 1. The van der Waals surface area contributed by atoms with Crippen molar-refractivity contribution in [3.63, 3.8) is 0 Å². The summed E-state index contributed by atoms with van der Waals surface area (Å²) < 4.78 is 10.1. The molecule has 0 aromatic heterocycles. The number of esters is 1. The highest BCUT2D eigenvalue weighted by molar-refractivity contribution is 5.96. The lowest BCUT2D eigenvalue weighted by Gasteiger charge is -2.10. The van der Waals surface area contributed by atoms with Gasteiger partial charge in [0, 0.05) is 24.2 Å². The first-order valence-electron chi connectivity index (χ1n) is 8.42. The molecule has 0 atom stereocenters. The minimum atomic E-state index is -0.241. The number of hydrogen-bond acceptors (Lipinski definition) is 5. The van der Waals surface area contributed by atoms with Gasteiger partial charge in [-0.3, -0.25) is 9.59 Å². The molecule has 0 aliphatic carbocycles. The average molecular weight is 393 g/mol. The van der Waals surface area contributed by atoms with Crippen molar-refractivity contribution < 1.29 is 19.1 Å². The predicted octanol–water partition coefficient (Wildman–Crippen LogP) is 3.26. The maximum Gasteiger partial charge on any atom is 0.305 e. The number of carbonyl (C=O) groups is 2. The van der Waals surface area contributed by atoms with Crippen LogP contribution < -0.4 is 15.8 Å². The van der Waals surface area contributed by atoms with E-state index in [0.717, 1.165) is 16.9 Å². The van der Waals surface area contributed by atoms with E-state index < -0.39 is 0 Å². The Balaban J connectivity index is 0.00000364. The van der Waals surface area contributed by atoms with Gasteiger partial charge in [0.2, 0.25) is 0 Å². The lowest BCUT2D eigenvalue weighted by atomic mass is 10.1. The molecule has 0 aliphatic heterocycles. The van der Waals surface area contributed by atoms with Crippen molar-refractivity contribution in [1.82, 2.24) is 5.32 Å². The zero-order valence-electron chi connectivity index (χ0n) is 15.5. The molecule has 2 aromatic carbocycles. The van der Waals surface area contributed by atoms with Crippen LogP contribution in [0.15, 0.2) is 42.5 Å². The predicted molar refractivity (Wildman–Crippen MR) is 107 cm³/mol. The van der Waals surface area contributed by atoms with Crippen LogP contribution in [0.3, 0.4) is 0 Å². The van der Waals surface area contributed by atoms with E-state index >= 15 is 0 Å². The fourth-order valence-corrected chi connectivity index (χ4v) is 2.37. The third-order valence-electron chi connectivity index (χ3n) is 3.90. The number of rotatable bonds is 8. The third kappa shape index (κ3) is 7.19. The van der Waals surface area contributed by atoms with Crippen LogP contribution in [0.25, 0.3) is 0 Å². The van der Waals surface area contributed by atoms with Gasteiger partial charge in [-0.15, -0.1) is 12.4 Å². The number of hydrogen-bond donors (Lipinski definition) is 2. The fourth-order valence-electron chi connectivity index (χ4n) is 2.37. The molecule has 27 heavy (non-hydrogen) atoms. The summed E-state index contributed by atoms with van der Waals surface area (Å²) in [6.45, 7) is 2.73. The van der Waals surface area contributed by atoms with Crippen LogP contribution in [-0.2, 0) is 16.1 Å². The Morgan fingerprint density at radius 3 is 2.48 bits per heavy atom. The molecule has 0 heterocycles. The van der Waals surface area contributed by atoms with E-state index in [9.17, 15) is 9.59 Å². The van der Waals surface area contributed by atoms with Crippen molar-refractivity contribution in [2.24, 2.45) is 0 Å². The van der Waals surface area contributed by atoms with Gasteiger partial charge in [-0.1, -0.05) is 18.2 Å². The summed E-state index contributed by atoms with van der Waals surface area (Å²) in [7, 11) is 1.37. The van der Waals surface area contributed by atoms with Gasteiger partial charge >= 0.3 is 5.97 Å². The molecular formula is C20H25ClN2O4. The topological polar surface area (TPSA) is 90.6 Å². The summed E-state index contributed by atoms with van der Waals surface area (Å²) in [5.41, 5.74) is 8.73. The number of benzene rings is 2. The first kappa shape index (κ1) is 22.3. The zero-order chi connectivity index (χ0) is 18.9. The third-order valence-corrected chi connectivity index (χ3v) is 3.90. The number of halogens is 1. The summed E-state index contributed by atoms with van der Waals surface area (Å²) in [5, 5.41) is 2.89. The quantitative estimate of drug-likeness (QED) is 0.409. The molecule has 0 aliphatic rings. The van der Waals surface area contributed by atoms with Crippen molar-refractivity contribution >= 4 is 30.0 Å². The molecule has 146 valence electrons. The second-order valence-electron chi connectivity index (χ2n) is 5.93. The van der Waals surface area contributed by atoms with E-state index in [-0.39, 0.29) is 24.3 Å². The van der Waals surface area contributed by atoms with Gasteiger partial charge in [0.1, 0.15) is 5.75 Å². The van der Waals surface area contributed by atoms with Crippen LogP contribution in [0, 0.1) is 6.92 Å². The SMILES string of the molecule is COC(=O)CCCOc1ccc(CNC(=O)c2cc(N)ccc2C)cc1.Cl. The first-order chi connectivity index (χ1) is 12.5. The maximum absolute atomic E-state index is 12.3. The van der Waals surface area contributed by atoms with Crippen molar-refractivity contribution in [2.75, 3.05) is 19.5 Å². The number of amides is 1. The molecule has 0 fully saturated rings. The van der Waals surface area contributed by atoms with Crippen LogP contribution in [0.1, 0.15) is 34.3 Å². The standard InChI is InChI=1S/C20H24N2O4.ClH/c1-14-5-8-16(21)12-18(14)20(24)22-13-15-6-9-17(10-7-15)26-11-3-4-19(23)25-2;/h5-10,12H,3-4,11,13,21H2,1-2H3,(H,22,24);1H. The van der Waals surface area contributed by atoms with Gasteiger partial charge in [0.15, 0.2) is 0 Å². The van der Waals surface area contributed by atoms with Crippen molar-refractivity contribution in [3.8, 4) is 5.75 Å². The Morgan fingerprint density at radius 1 is 1.11 bits per heavy atom. The molecular weight excluding hydrogens is 368 g/mol. The Bertz CT molecular complexity index is 763. The van der Waals surface area contributed by atoms with Gasteiger partial charge in [-0.2, -0.15) is 0 Å². The molecule has 7 heteroatoms. The largest absolute Gasteiger partial charge is 0.494 e. The number of carbonyl (C=O) groups excluding carboxylic acids is 2. The lowest BCUT2D eigenvalue weighted by Crippen LogP contribution is -2.23. The van der Waals surface area contributed by atoms with Gasteiger partial charge in [0.05, 0.1) is 13.7 Å². The smallest absolute Gasteiger partial charge is 0.305 e. The van der Waals surface area contributed by atoms with E-state index in [0.29, 0.717) is 37.2 Å². The van der Waals surface area contributed by atoms with E-state index in [2.05, 4.69) is 10.1 Å². The second-order valence-corrected chi connectivity index (χ2v) is 5.93. The van der Waals surface area contributed by atoms with E-state index in [1.54, 1.807) is 12.1 Å². The number of methoxy groups -OCH3 is 1. The molecule has 2 rings (SSSR count). The molecule has 0 saturated heterocycles. The van der Waals surface area contributed by atoms with Crippen molar-refractivity contribution in [2.45, 2.75) is 26.3 Å². The van der Waals surface area contributed by atoms with Crippen LogP contribution in [-0.4, -0.2) is 25.6 Å². The number of ether oxygens (including phenoxy) is 2. The Morgan fingerprint density at radius 2 is 1.81 bits per heavy atom. The molecule has 0 radical (unpaired) electrons. The van der Waals surface area contributed by atoms with E-state index in [1.165, 1.54) is 7.11 Å². The van der Waals surface area contributed by atoms with Crippen LogP contribution in [0.4, 0.5) is 5.69 Å². The highest BCUT2D eigenvalue weighted by Gasteiger charge is 2.09. The summed E-state index contributed by atoms with van der Waals surface area (Å²) >= 11 is 0. The average Bonchev–Trinajstić information content (AvgIpc) is 2.65. The second kappa shape index (κ2) is 11.1. The molecule has 2 aromatic rings. The normalized spacial score (nSPS) is 9.85. The summed E-state index contributed by atoms with van der Waals surface area (Å²) in [6, 6.07) is 12.7. The summed E-state index contributed by atoms with van der Waals surface area (Å²) in [4.78, 5) is 23.3. The van der Waals surface area contributed by atoms with Crippen molar-refractivity contribution in [3.05, 3.63) is 59.2 Å². The highest BCUT2D eigenvalue weighted by Crippen LogP contribution is 2.15. The monoisotopic (exact) mass is 392 g/mol. The van der Waals surface area contributed by atoms with Crippen LogP contribution in [0.2, 0.25) is 0 Å². The minimum absolute atomic E-state index is 0. The maximum atomic E-state index is 12.3. The van der Waals surface area contributed by atoms with Crippen molar-refractivity contribution in [1.29, 1.82) is 0 Å². The van der Waals surface area contributed by atoms with Gasteiger partial charge in [0.25, 0.3) is 5.91 Å². The number of aryl methyl sites for hydroxylation is 1. The minimum Gasteiger partial charge on any atom is -0.494 e. The molecule has 0 unspecified atom stereocenters. The van der Waals surface area contributed by atoms with Crippen LogP contribution >= 0.6 is 12.4 Å². The van der Waals surface area contributed by atoms with E-state index in [1.807, 2.05) is 37.3 Å². The Kier molecular flexibility index (Phi) is 9.16. The fraction of sp³-hybridized carbons (Fsp3) is 0.300. The summed E-state index contributed by atoms with van der Waals surface area (Å²) in [6.07, 6.45) is 0.939. The molecule has 0 bridgehead atoms. The first-order valence-corrected chi connectivity index (χ1v) is 8.42. The summed E-state index contributed by atoms with van der Waals surface area (Å²) in [5.74, 6) is 0.324. The Hall–Kier alpha value is -2.73. The van der Waals surface area contributed by atoms with Gasteiger partial charge in [-0.25, -0.2) is 0 Å². The molecule has 1 amide bonds.